The summed E-state index contributed by atoms with van der Waals surface area (Å²) >= 11 is 0. The van der Waals surface area contributed by atoms with Crippen molar-refractivity contribution in [2.75, 3.05) is 38.6 Å². The van der Waals surface area contributed by atoms with Gasteiger partial charge in [-0.2, -0.15) is 0 Å². The largest absolute Gasteiger partial charge is 0.347 e. The highest BCUT2D eigenvalue weighted by Gasteiger charge is 2.15. The van der Waals surface area contributed by atoms with E-state index in [4.69, 9.17) is 0 Å². The highest BCUT2D eigenvalue weighted by Crippen LogP contribution is 2.16. The molecule has 1 aromatic heterocycles. The van der Waals surface area contributed by atoms with Crippen LogP contribution in [0.1, 0.15) is 25.8 Å². The number of rotatable bonds is 8. The highest BCUT2D eigenvalue weighted by molar-refractivity contribution is 5.80. The Balaban J connectivity index is 2.82. The van der Waals surface area contributed by atoms with Gasteiger partial charge in [-0.3, -0.25) is 4.79 Å². The van der Waals surface area contributed by atoms with E-state index in [1.807, 2.05) is 17.9 Å². The van der Waals surface area contributed by atoms with E-state index in [2.05, 4.69) is 23.3 Å². The van der Waals surface area contributed by atoms with E-state index in [0.29, 0.717) is 6.54 Å². The van der Waals surface area contributed by atoms with Crippen LogP contribution < -0.4 is 10.2 Å². The molecule has 0 aliphatic rings. The Bertz CT molecular complexity index is 420. The maximum absolute atomic E-state index is 11.9. The predicted molar refractivity (Wildman–Crippen MR) is 82.8 cm³/mol. The van der Waals surface area contributed by atoms with Crippen molar-refractivity contribution in [3.63, 3.8) is 0 Å². The van der Waals surface area contributed by atoms with Gasteiger partial charge in [-0.05, 0) is 26.0 Å². The number of nitrogens with zero attached hydrogens (tertiary/aromatic N) is 3. The van der Waals surface area contributed by atoms with Gasteiger partial charge < -0.3 is 15.1 Å². The molecule has 0 spiro atoms. The topological polar surface area (TPSA) is 48.5 Å². The number of nitrogens with one attached hydrogen (secondary N) is 1. The molecule has 1 aromatic rings. The summed E-state index contributed by atoms with van der Waals surface area (Å²) in [4.78, 5) is 20.0. The Hall–Kier alpha value is -1.62. The fraction of sp³-hybridized carbons (Fsp3) is 0.600. The van der Waals surface area contributed by atoms with Gasteiger partial charge in [0.05, 0.1) is 6.54 Å². The van der Waals surface area contributed by atoms with Crippen LogP contribution in [0.25, 0.3) is 0 Å². The van der Waals surface area contributed by atoms with Gasteiger partial charge in [-0.25, -0.2) is 4.98 Å². The van der Waals surface area contributed by atoms with E-state index >= 15 is 0 Å². The fourth-order valence-electron chi connectivity index (χ4n) is 1.89. The van der Waals surface area contributed by atoms with Crippen molar-refractivity contribution >= 4 is 11.7 Å². The Morgan fingerprint density at radius 1 is 1.35 bits per heavy atom. The van der Waals surface area contributed by atoms with E-state index in [0.717, 1.165) is 37.4 Å². The third-order valence-corrected chi connectivity index (χ3v) is 3.12. The molecule has 0 aliphatic heterocycles. The second kappa shape index (κ2) is 8.53. The molecule has 112 valence electrons. The quantitative estimate of drug-likeness (QED) is 0.732. The molecule has 1 rings (SSSR count). The third kappa shape index (κ3) is 4.81. The van der Waals surface area contributed by atoms with Crippen LogP contribution in [-0.2, 0) is 11.3 Å². The standard InChI is InChI=1S/C15H26N4O/c1-5-9-16-11-13-8-7-10-17-15(13)19(6-2)12-14(20)18(3)4/h7-8,10,16H,5-6,9,11-12H2,1-4H3. The van der Waals surface area contributed by atoms with E-state index < -0.39 is 0 Å². The molecule has 1 N–H and O–H groups in total. The van der Waals surface area contributed by atoms with Gasteiger partial charge in [-0.1, -0.05) is 13.0 Å². The number of anilines is 1. The summed E-state index contributed by atoms with van der Waals surface area (Å²) in [7, 11) is 3.55. The molecule has 0 fully saturated rings. The van der Waals surface area contributed by atoms with Gasteiger partial charge in [0, 0.05) is 38.9 Å². The van der Waals surface area contributed by atoms with Crippen LogP contribution in [-0.4, -0.2) is 49.5 Å². The monoisotopic (exact) mass is 278 g/mol. The Labute approximate surface area is 122 Å². The summed E-state index contributed by atoms with van der Waals surface area (Å²) in [5.41, 5.74) is 1.13. The SMILES string of the molecule is CCCNCc1cccnc1N(CC)CC(=O)N(C)C. The molecule has 0 atom stereocenters. The summed E-state index contributed by atoms with van der Waals surface area (Å²) in [5.74, 6) is 0.985. The number of carbonyl (C=O) groups excluding carboxylic acids is 1. The van der Waals surface area contributed by atoms with Crippen molar-refractivity contribution in [1.29, 1.82) is 0 Å². The third-order valence-electron chi connectivity index (χ3n) is 3.12. The first kappa shape index (κ1) is 16.4. The number of likely N-dealkylation sites (N-methyl/N-ethyl adjacent to an activating group) is 2. The van der Waals surface area contributed by atoms with Crippen LogP contribution in [0.3, 0.4) is 0 Å². The lowest BCUT2D eigenvalue weighted by Gasteiger charge is -2.25. The smallest absolute Gasteiger partial charge is 0.241 e. The van der Waals surface area contributed by atoms with Gasteiger partial charge >= 0.3 is 0 Å². The van der Waals surface area contributed by atoms with Gasteiger partial charge in [0.15, 0.2) is 0 Å². The summed E-state index contributed by atoms with van der Waals surface area (Å²) in [6.07, 6.45) is 2.88. The fourth-order valence-corrected chi connectivity index (χ4v) is 1.89. The van der Waals surface area contributed by atoms with Gasteiger partial charge in [0.1, 0.15) is 5.82 Å². The van der Waals surface area contributed by atoms with Crippen LogP contribution in [0.5, 0.6) is 0 Å². The van der Waals surface area contributed by atoms with Gasteiger partial charge in [-0.15, -0.1) is 0 Å². The Morgan fingerprint density at radius 2 is 2.10 bits per heavy atom. The molecule has 5 heteroatoms. The number of aromatic nitrogens is 1. The van der Waals surface area contributed by atoms with Crippen molar-refractivity contribution < 1.29 is 4.79 Å². The first-order valence-electron chi connectivity index (χ1n) is 7.19. The molecule has 0 aromatic carbocycles. The van der Waals surface area contributed by atoms with Crippen molar-refractivity contribution in [3.05, 3.63) is 23.9 Å². The average molecular weight is 278 g/mol. The lowest BCUT2D eigenvalue weighted by atomic mass is 10.2. The van der Waals surface area contributed by atoms with Crippen molar-refractivity contribution in [2.45, 2.75) is 26.8 Å². The van der Waals surface area contributed by atoms with Crippen LogP contribution in [0, 0.1) is 0 Å². The number of amides is 1. The molecule has 0 bridgehead atoms. The minimum atomic E-state index is 0.0879. The predicted octanol–water partition coefficient (Wildman–Crippen LogP) is 1.50. The summed E-state index contributed by atoms with van der Waals surface area (Å²) in [6, 6.07) is 4.00. The first-order valence-corrected chi connectivity index (χ1v) is 7.19. The zero-order chi connectivity index (χ0) is 15.0. The highest BCUT2D eigenvalue weighted by atomic mass is 16.2. The molecular weight excluding hydrogens is 252 g/mol. The average Bonchev–Trinajstić information content (AvgIpc) is 2.45. The van der Waals surface area contributed by atoms with E-state index in [-0.39, 0.29) is 5.91 Å². The van der Waals surface area contributed by atoms with Crippen LogP contribution >= 0.6 is 0 Å². The summed E-state index contributed by atoms with van der Waals surface area (Å²) < 4.78 is 0. The molecule has 0 radical (unpaired) electrons. The van der Waals surface area contributed by atoms with Crippen molar-refractivity contribution in [3.8, 4) is 0 Å². The van der Waals surface area contributed by atoms with E-state index in [1.54, 1.807) is 25.2 Å². The summed E-state index contributed by atoms with van der Waals surface area (Å²) in [6.45, 7) is 7.07. The molecule has 0 saturated heterocycles. The molecule has 0 saturated carbocycles. The van der Waals surface area contributed by atoms with E-state index in [9.17, 15) is 4.79 Å². The molecule has 1 heterocycles. The number of hydrogen-bond donors (Lipinski definition) is 1. The molecule has 0 unspecified atom stereocenters. The molecule has 20 heavy (non-hydrogen) atoms. The van der Waals surface area contributed by atoms with Gasteiger partial charge in [0.2, 0.25) is 5.91 Å². The van der Waals surface area contributed by atoms with Crippen LogP contribution in [0.15, 0.2) is 18.3 Å². The number of carbonyl (C=O) groups is 1. The molecular formula is C15H26N4O. The zero-order valence-corrected chi connectivity index (χ0v) is 13.0. The second-order valence-electron chi connectivity index (χ2n) is 4.97. The van der Waals surface area contributed by atoms with Crippen LogP contribution in [0.2, 0.25) is 0 Å². The first-order chi connectivity index (χ1) is 9.60. The van der Waals surface area contributed by atoms with Crippen molar-refractivity contribution in [1.82, 2.24) is 15.2 Å². The minimum Gasteiger partial charge on any atom is -0.347 e. The zero-order valence-electron chi connectivity index (χ0n) is 13.0. The lowest BCUT2D eigenvalue weighted by molar-refractivity contribution is -0.127. The maximum Gasteiger partial charge on any atom is 0.241 e. The van der Waals surface area contributed by atoms with Crippen molar-refractivity contribution in [2.24, 2.45) is 0 Å². The maximum atomic E-state index is 11.9. The molecule has 5 nitrogen and oxygen atoms in total. The van der Waals surface area contributed by atoms with E-state index in [1.165, 1.54) is 0 Å². The number of pyridine rings is 1. The number of hydrogen-bond acceptors (Lipinski definition) is 4. The van der Waals surface area contributed by atoms with Crippen LogP contribution in [0.4, 0.5) is 5.82 Å². The Morgan fingerprint density at radius 3 is 2.70 bits per heavy atom. The summed E-state index contributed by atoms with van der Waals surface area (Å²) in [5, 5.41) is 3.38. The second-order valence-corrected chi connectivity index (χ2v) is 4.97. The normalized spacial score (nSPS) is 10.4. The lowest BCUT2D eigenvalue weighted by Crippen LogP contribution is -2.37. The molecule has 1 amide bonds. The molecule has 0 aliphatic carbocycles. The Kier molecular flexibility index (Phi) is 7.01. The minimum absolute atomic E-state index is 0.0879. The van der Waals surface area contributed by atoms with Gasteiger partial charge in [0.25, 0.3) is 0 Å².